The van der Waals surface area contributed by atoms with E-state index in [0.717, 1.165) is 69.3 Å². The number of halogens is 2. The van der Waals surface area contributed by atoms with E-state index < -0.39 is 34.3 Å². The number of rotatable bonds is 7. The van der Waals surface area contributed by atoms with E-state index in [2.05, 4.69) is 28.4 Å². The molecule has 4 aliphatic rings. The number of pyridine rings is 1. The summed E-state index contributed by atoms with van der Waals surface area (Å²) in [5, 5.41) is 10.9. The summed E-state index contributed by atoms with van der Waals surface area (Å²) in [6.07, 6.45) is 4.86. The predicted molar refractivity (Wildman–Crippen MR) is 190 cm³/mol. The summed E-state index contributed by atoms with van der Waals surface area (Å²) in [7, 11) is 2.09. The van der Waals surface area contributed by atoms with Gasteiger partial charge in [0, 0.05) is 63.2 Å². The maximum absolute atomic E-state index is 16.3. The molecule has 2 aliphatic heterocycles. The first-order valence-electron chi connectivity index (χ1n) is 17.7. The molecule has 12 nitrogen and oxygen atoms in total. The third-order valence-corrected chi connectivity index (χ3v) is 10.6. The van der Waals surface area contributed by atoms with E-state index in [1.807, 2.05) is 18.7 Å². The normalized spacial score (nSPS) is 21.4. The van der Waals surface area contributed by atoms with Gasteiger partial charge in [-0.05, 0) is 70.9 Å². The van der Waals surface area contributed by atoms with Gasteiger partial charge in [-0.2, -0.15) is 4.98 Å². The molecule has 0 bridgehead atoms. The summed E-state index contributed by atoms with van der Waals surface area (Å²) in [6, 6.07) is 4.37. The first-order valence-corrected chi connectivity index (χ1v) is 17.7. The minimum atomic E-state index is -0.885. The SMILES string of the molecule is C=CC(=O)N1C[C@H](C)N(c2nc(=O)n(-c3c(C4CC4)nc(N4CCN(C)CC4)nc3C3CC3)c3nc(-c4c(O)cccc4F)c(F)cc23)C[C@H]1C. The number of hydrogen-bond acceptors (Lipinski definition) is 10. The van der Waals surface area contributed by atoms with Crippen molar-refractivity contribution in [2.24, 2.45) is 0 Å². The molecule has 266 valence electrons. The van der Waals surface area contributed by atoms with Gasteiger partial charge in [0.1, 0.15) is 23.1 Å². The molecule has 2 aliphatic carbocycles. The number of aromatic nitrogens is 5. The molecule has 1 N–H and O–H groups in total. The highest BCUT2D eigenvalue weighted by molar-refractivity contribution is 5.92. The zero-order chi connectivity index (χ0) is 35.7. The summed E-state index contributed by atoms with van der Waals surface area (Å²) in [6.45, 7) is 11.4. The fraction of sp³-hybridized carbons (Fsp3) is 0.459. The number of phenols is 1. The Balaban J connectivity index is 1.38. The second kappa shape index (κ2) is 12.7. The zero-order valence-corrected chi connectivity index (χ0v) is 29.0. The first kappa shape index (κ1) is 33.2. The van der Waals surface area contributed by atoms with Crippen molar-refractivity contribution in [2.45, 2.75) is 63.5 Å². The molecule has 8 rings (SSSR count). The Morgan fingerprint density at radius 3 is 2.20 bits per heavy atom. The monoisotopic (exact) mass is 697 g/mol. The molecule has 2 atom stereocenters. The number of hydrogen-bond donors (Lipinski definition) is 1. The summed E-state index contributed by atoms with van der Waals surface area (Å²) in [4.78, 5) is 54.8. The van der Waals surface area contributed by atoms with E-state index in [9.17, 15) is 14.7 Å². The Morgan fingerprint density at radius 1 is 0.922 bits per heavy atom. The van der Waals surface area contributed by atoms with Crippen LogP contribution in [0.25, 0.3) is 28.0 Å². The number of fused-ring (bicyclic) bond motifs is 1. The maximum atomic E-state index is 16.3. The average molecular weight is 698 g/mol. The van der Waals surface area contributed by atoms with Crippen molar-refractivity contribution in [2.75, 3.05) is 56.1 Å². The Bertz CT molecular complexity index is 2070. The van der Waals surface area contributed by atoms with Gasteiger partial charge in [-0.25, -0.2) is 33.1 Å². The van der Waals surface area contributed by atoms with Gasteiger partial charge in [0.2, 0.25) is 11.9 Å². The van der Waals surface area contributed by atoms with Crippen LogP contribution in [-0.2, 0) is 4.79 Å². The van der Waals surface area contributed by atoms with Crippen LogP contribution in [0.4, 0.5) is 20.5 Å². The van der Waals surface area contributed by atoms with Crippen LogP contribution in [0.1, 0.15) is 62.8 Å². The van der Waals surface area contributed by atoms with Crippen LogP contribution in [-0.4, -0.2) is 104 Å². The van der Waals surface area contributed by atoms with Crippen molar-refractivity contribution in [1.29, 1.82) is 0 Å². The van der Waals surface area contributed by atoms with Gasteiger partial charge >= 0.3 is 5.69 Å². The van der Waals surface area contributed by atoms with Gasteiger partial charge in [-0.15, -0.1) is 0 Å². The van der Waals surface area contributed by atoms with Crippen molar-refractivity contribution < 1.29 is 18.7 Å². The number of carbonyl (C=O) groups excluding carboxylic acids is 1. The molecule has 4 aromatic rings. The van der Waals surface area contributed by atoms with E-state index in [4.69, 9.17) is 15.0 Å². The van der Waals surface area contributed by atoms with E-state index >= 15 is 8.78 Å². The second-order valence-corrected chi connectivity index (χ2v) is 14.4. The highest BCUT2D eigenvalue weighted by Crippen LogP contribution is 2.49. The molecular weight excluding hydrogens is 656 g/mol. The molecule has 0 spiro atoms. The molecule has 51 heavy (non-hydrogen) atoms. The average Bonchev–Trinajstić information content (AvgIpc) is 4.04. The fourth-order valence-corrected chi connectivity index (χ4v) is 7.43. The minimum Gasteiger partial charge on any atom is -0.507 e. The van der Waals surface area contributed by atoms with E-state index in [1.165, 1.54) is 28.8 Å². The maximum Gasteiger partial charge on any atom is 0.355 e. The Kier molecular flexibility index (Phi) is 8.23. The van der Waals surface area contributed by atoms with Crippen molar-refractivity contribution >= 4 is 28.7 Å². The molecule has 5 heterocycles. The third kappa shape index (κ3) is 5.88. The van der Waals surface area contributed by atoms with Crippen LogP contribution in [0.5, 0.6) is 5.75 Å². The molecule has 2 saturated heterocycles. The predicted octanol–water partition coefficient (Wildman–Crippen LogP) is 4.34. The molecule has 1 aromatic carbocycles. The number of aromatic hydroxyl groups is 1. The Morgan fingerprint density at radius 2 is 1.59 bits per heavy atom. The van der Waals surface area contributed by atoms with Crippen LogP contribution >= 0.6 is 0 Å². The van der Waals surface area contributed by atoms with Crippen LogP contribution in [0, 0.1) is 11.6 Å². The number of amides is 1. The van der Waals surface area contributed by atoms with Crippen molar-refractivity contribution in [3.8, 4) is 22.7 Å². The summed E-state index contributed by atoms with van der Waals surface area (Å²) >= 11 is 0. The van der Waals surface area contributed by atoms with Gasteiger partial charge in [-0.3, -0.25) is 4.79 Å². The molecule has 14 heteroatoms. The van der Waals surface area contributed by atoms with Crippen molar-refractivity contribution in [3.63, 3.8) is 0 Å². The van der Waals surface area contributed by atoms with Gasteiger partial charge in [0.25, 0.3) is 0 Å². The van der Waals surface area contributed by atoms with Crippen molar-refractivity contribution in [3.05, 3.63) is 70.4 Å². The van der Waals surface area contributed by atoms with Crippen LogP contribution in [0.2, 0.25) is 0 Å². The number of piperazine rings is 2. The van der Waals surface area contributed by atoms with Gasteiger partial charge in [-0.1, -0.05) is 12.6 Å². The number of nitrogens with zero attached hydrogens (tertiary/aromatic N) is 9. The number of likely N-dealkylation sites (N-methyl/N-ethyl adjacent to an activating group) is 1. The van der Waals surface area contributed by atoms with E-state index in [-0.39, 0.29) is 46.7 Å². The molecule has 1 amide bonds. The lowest BCUT2D eigenvalue weighted by Crippen LogP contribution is -2.58. The fourth-order valence-electron chi connectivity index (χ4n) is 7.43. The van der Waals surface area contributed by atoms with Crippen LogP contribution in [0.3, 0.4) is 0 Å². The number of carbonyl (C=O) groups is 1. The summed E-state index contributed by atoms with van der Waals surface area (Å²) in [5.41, 5.74) is 0.564. The molecule has 3 aromatic heterocycles. The van der Waals surface area contributed by atoms with Gasteiger partial charge in [0.05, 0.1) is 28.0 Å². The summed E-state index contributed by atoms with van der Waals surface area (Å²) in [5.74, 6) is -1.38. The lowest BCUT2D eigenvalue weighted by Gasteiger charge is -2.44. The minimum absolute atomic E-state index is 0.0632. The largest absolute Gasteiger partial charge is 0.507 e. The highest BCUT2D eigenvalue weighted by atomic mass is 19.1. The van der Waals surface area contributed by atoms with Gasteiger partial charge in [0.15, 0.2) is 11.5 Å². The Hall–Kier alpha value is -4.98. The van der Waals surface area contributed by atoms with E-state index in [1.54, 1.807) is 4.90 Å². The summed E-state index contributed by atoms with van der Waals surface area (Å²) < 4.78 is 33.0. The molecule has 2 saturated carbocycles. The lowest BCUT2D eigenvalue weighted by atomic mass is 10.1. The van der Waals surface area contributed by atoms with Crippen molar-refractivity contribution in [1.82, 2.24) is 34.3 Å². The highest BCUT2D eigenvalue weighted by Gasteiger charge is 2.39. The standard InChI is InChI=1S/C37H41F2N9O3/c1-5-28(50)46-18-21(3)47(19-20(46)2)34-24-17-26(39)32(29-25(38)7-6-8-27(29)49)40-35(24)48(37(51)43-34)33-30(22-9-10-22)41-36(42-31(33)23-11-12-23)45-15-13-44(4)14-16-45/h5-8,17,20-23,49H,1,9-16,18-19H2,2-4H3/t20-,21+/m1/s1. The smallest absolute Gasteiger partial charge is 0.355 e. The molecule has 4 fully saturated rings. The molecule has 0 radical (unpaired) electrons. The number of anilines is 2. The van der Waals surface area contributed by atoms with Gasteiger partial charge < -0.3 is 24.7 Å². The molecular formula is C37H41F2N9O3. The van der Waals surface area contributed by atoms with Crippen LogP contribution < -0.4 is 15.5 Å². The zero-order valence-electron chi connectivity index (χ0n) is 29.0. The lowest BCUT2D eigenvalue weighted by molar-refractivity contribution is -0.128. The van der Waals surface area contributed by atoms with E-state index in [0.29, 0.717) is 24.7 Å². The molecule has 0 unspecified atom stereocenters. The number of phenolic OH excluding ortho intramolecular Hbond substituents is 1. The number of benzene rings is 1. The van der Waals surface area contributed by atoms with Crippen LogP contribution in [0.15, 0.2) is 41.7 Å². The third-order valence-electron chi connectivity index (χ3n) is 10.6. The quantitative estimate of drug-likeness (QED) is 0.279. The second-order valence-electron chi connectivity index (χ2n) is 14.4. The first-order chi connectivity index (χ1) is 24.5. The topological polar surface area (TPSA) is 124 Å². The Labute approximate surface area is 294 Å².